The first kappa shape index (κ1) is 52.3. The molecule has 0 radical (unpaired) electrons. The highest BCUT2D eigenvalue weighted by Gasteiger charge is 2.26. The number of amides is 1. The first-order valence-electron chi connectivity index (χ1n) is 23.7. The highest BCUT2D eigenvalue weighted by molar-refractivity contribution is 7.85. The molecule has 0 saturated heterocycles. The minimum atomic E-state index is -4.31. The molecule has 2 unspecified atom stereocenters. The van der Waals surface area contributed by atoms with Gasteiger partial charge in [-0.2, -0.15) is 8.42 Å². The summed E-state index contributed by atoms with van der Waals surface area (Å²) in [5.41, 5.74) is 0. The summed E-state index contributed by atoms with van der Waals surface area (Å²) in [6.45, 7) is 4.55. The molecule has 7 heteroatoms. The maximum Gasteiger partial charge on any atom is 0.266 e. The Kier molecular flexibility index (Phi) is 40.5. The summed E-state index contributed by atoms with van der Waals surface area (Å²) in [6.07, 6.45) is 49.2. The number of hydrogen-bond donors (Lipinski definition) is 3. The maximum absolute atomic E-state index is 12.6. The van der Waals surface area contributed by atoms with Gasteiger partial charge >= 0.3 is 0 Å². The molecule has 53 heavy (non-hydrogen) atoms. The van der Waals surface area contributed by atoms with Gasteiger partial charge < -0.3 is 10.4 Å². The van der Waals surface area contributed by atoms with Crippen molar-refractivity contribution < 1.29 is 22.9 Å². The van der Waals surface area contributed by atoms with Crippen LogP contribution in [0.3, 0.4) is 0 Å². The second kappa shape index (κ2) is 41.0. The number of unbranched alkanes of at least 4 members (excludes halogenated alkanes) is 36. The van der Waals surface area contributed by atoms with E-state index in [1.807, 2.05) is 0 Å². The topological polar surface area (TPSA) is 104 Å². The van der Waals surface area contributed by atoms with Crippen molar-refractivity contribution in [3.8, 4) is 0 Å². The molecule has 6 nitrogen and oxygen atoms in total. The predicted octanol–water partition coefficient (Wildman–Crippen LogP) is 14.4. The molecule has 3 N–H and O–H groups in total. The Morgan fingerprint density at radius 1 is 0.434 bits per heavy atom. The molecule has 0 aromatic heterocycles. The van der Waals surface area contributed by atoms with Crippen LogP contribution < -0.4 is 5.32 Å². The fraction of sp³-hybridized carbons (Fsp3) is 0.978. The number of aliphatic hydroxyl groups excluding tert-OH is 1. The van der Waals surface area contributed by atoms with E-state index in [4.69, 9.17) is 0 Å². The Morgan fingerprint density at radius 3 is 0.943 bits per heavy atom. The summed E-state index contributed by atoms with van der Waals surface area (Å²) in [6, 6.07) is -0.964. The highest BCUT2D eigenvalue weighted by atomic mass is 32.2. The Hall–Kier alpha value is -0.660. The lowest BCUT2D eigenvalue weighted by Gasteiger charge is -2.23. The molecular formula is C46H93NO5S. The van der Waals surface area contributed by atoms with Crippen LogP contribution in [-0.4, -0.2) is 41.9 Å². The summed E-state index contributed by atoms with van der Waals surface area (Å²) in [5.74, 6) is -0.879. The van der Waals surface area contributed by atoms with Crippen LogP contribution in [-0.2, 0) is 14.9 Å². The summed E-state index contributed by atoms with van der Waals surface area (Å²) < 4.78 is 32.7. The van der Waals surface area contributed by atoms with E-state index in [-0.39, 0.29) is 5.91 Å². The lowest BCUT2D eigenvalue weighted by Crippen LogP contribution is -2.47. The zero-order chi connectivity index (χ0) is 38.9. The highest BCUT2D eigenvalue weighted by Crippen LogP contribution is 2.17. The summed E-state index contributed by atoms with van der Waals surface area (Å²) in [7, 11) is -4.31. The third-order valence-electron chi connectivity index (χ3n) is 11.3. The van der Waals surface area contributed by atoms with E-state index in [9.17, 15) is 22.9 Å². The average molecular weight is 772 g/mol. The van der Waals surface area contributed by atoms with Crippen LogP contribution in [0.1, 0.15) is 271 Å². The number of carbonyl (C=O) groups is 1. The summed E-state index contributed by atoms with van der Waals surface area (Å²) in [5, 5.41) is 13.4. The molecule has 0 fully saturated rings. The van der Waals surface area contributed by atoms with Crippen LogP contribution in [0, 0.1) is 0 Å². The number of carbonyl (C=O) groups excluding carboxylic acids is 1. The molecule has 1 amide bonds. The van der Waals surface area contributed by atoms with Crippen LogP contribution >= 0.6 is 0 Å². The van der Waals surface area contributed by atoms with E-state index in [0.29, 0.717) is 12.8 Å². The van der Waals surface area contributed by atoms with Crippen LogP contribution in [0.25, 0.3) is 0 Å². The molecule has 2 atom stereocenters. The van der Waals surface area contributed by atoms with Crippen LogP contribution in [0.2, 0.25) is 0 Å². The van der Waals surface area contributed by atoms with Crippen molar-refractivity contribution in [1.82, 2.24) is 5.32 Å². The molecule has 0 spiro atoms. The first-order valence-corrected chi connectivity index (χ1v) is 25.3. The Bertz CT molecular complexity index is 851. The fourth-order valence-corrected chi connectivity index (χ4v) is 8.51. The van der Waals surface area contributed by atoms with Gasteiger partial charge in [0.05, 0.1) is 17.9 Å². The van der Waals surface area contributed by atoms with Crippen LogP contribution in [0.4, 0.5) is 0 Å². The lowest BCUT2D eigenvalue weighted by molar-refractivity contribution is -0.122. The van der Waals surface area contributed by atoms with E-state index in [2.05, 4.69) is 19.2 Å². The second-order valence-corrected chi connectivity index (χ2v) is 18.3. The van der Waals surface area contributed by atoms with Crippen molar-refractivity contribution >= 4 is 16.0 Å². The molecule has 0 rings (SSSR count). The standard InChI is InChI=1S/C46H93NO5S/c1-3-5-7-9-11-13-15-17-19-21-23-24-26-28-30-32-34-36-38-40-42-46(49)47-44(43-53(50,51)52)45(48)41-39-37-35-33-31-29-27-25-22-20-18-16-14-12-10-8-6-4-2/h44-45,48H,3-43H2,1-2H3,(H,47,49)(H,50,51,52). The average Bonchev–Trinajstić information content (AvgIpc) is 3.12. The Balaban J connectivity index is 3.74. The molecule has 0 aliphatic carbocycles. The van der Waals surface area contributed by atoms with E-state index in [0.717, 1.165) is 38.5 Å². The van der Waals surface area contributed by atoms with Crippen molar-refractivity contribution in [1.29, 1.82) is 0 Å². The normalized spacial score (nSPS) is 13.1. The van der Waals surface area contributed by atoms with E-state index in [1.54, 1.807) is 0 Å². The summed E-state index contributed by atoms with van der Waals surface area (Å²) in [4.78, 5) is 12.6. The van der Waals surface area contributed by atoms with Crippen LogP contribution in [0.5, 0.6) is 0 Å². The molecular weight excluding hydrogens is 679 g/mol. The third kappa shape index (κ3) is 42.3. The minimum Gasteiger partial charge on any atom is -0.391 e. The van der Waals surface area contributed by atoms with Crippen molar-refractivity contribution in [3.05, 3.63) is 0 Å². The zero-order valence-electron chi connectivity index (χ0n) is 35.7. The van der Waals surface area contributed by atoms with Gasteiger partial charge in [0.2, 0.25) is 5.91 Å². The lowest BCUT2D eigenvalue weighted by atomic mass is 10.0. The smallest absolute Gasteiger partial charge is 0.266 e. The van der Waals surface area contributed by atoms with Crippen molar-refractivity contribution in [3.63, 3.8) is 0 Å². The van der Waals surface area contributed by atoms with Gasteiger partial charge in [-0.25, -0.2) is 0 Å². The zero-order valence-corrected chi connectivity index (χ0v) is 36.5. The Labute approximate surface area is 331 Å². The third-order valence-corrected chi connectivity index (χ3v) is 12.1. The van der Waals surface area contributed by atoms with Gasteiger partial charge in [-0.15, -0.1) is 0 Å². The van der Waals surface area contributed by atoms with Gasteiger partial charge in [0.15, 0.2) is 0 Å². The number of aliphatic hydroxyl groups is 1. The monoisotopic (exact) mass is 772 g/mol. The van der Waals surface area contributed by atoms with Gasteiger partial charge in [0.1, 0.15) is 0 Å². The van der Waals surface area contributed by atoms with E-state index >= 15 is 0 Å². The molecule has 0 saturated carbocycles. The molecule has 0 aromatic carbocycles. The van der Waals surface area contributed by atoms with Crippen molar-refractivity contribution in [2.45, 2.75) is 283 Å². The van der Waals surface area contributed by atoms with Crippen LogP contribution in [0.15, 0.2) is 0 Å². The molecule has 318 valence electrons. The second-order valence-electron chi connectivity index (χ2n) is 16.8. The van der Waals surface area contributed by atoms with Gasteiger partial charge in [-0.05, 0) is 12.8 Å². The van der Waals surface area contributed by atoms with E-state index < -0.39 is 28.0 Å². The first-order chi connectivity index (χ1) is 25.8. The van der Waals surface area contributed by atoms with Gasteiger partial charge in [0, 0.05) is 6.42 Å². The predicted molar refractivity (Wildman–Crippen MR) is 230 cm³/mol. The van der Waals surface area contributed by atoms with E-state index in [1.165, 1.54) is 205 Å². The molecule has 0 bridgehead atoms. The van der Waals surface area contributed by atoms with Gasteiger partial charge in [-0.1, -0.05) is 251 Å². The van der Waals surface area contributed by atoms with Gasteiger partial charge in [-0.3, -0.25) is 9.35 Å². The quantitative estimate of drug-likeness (QED) is 0.0423. The molecule has 0 aliphatic rings. The number of nitrogens with one attached hydrogen (secondary N) is 1. The molecule has 0 aliphatic heterocycles. The Morgan fingerprint density at radius 2 is 0.679 bits per heavy atom. The van der Waals surface area contributed by atoms with Crippen molar-refractivity contribution in [2.24, 2.45) is 0 Å². The maximum atomic E-state index is 12.6. The summed E-state index contributed by atoms with van der Waals surface area (Å²) >= 11 is 0. The van der Waals surface area contributed by atoms with Crippen molar-refractivity contribution in [2.75, 3.05) is 5.75 Å². The molecule has 0 heterocycles. The largest absolute Gasteiger partial charge is 0.391 e. The molecule has 0 aromatic rings. The number of hydrogen-bond acceptors (Lipinski definition) is 4. The minimum absolute atomic E-state index is 0.238. The SMILES string of the molecule is CCCCCCCCCCCCCCCCCCCCCCC(=O)NC(CS(=O)(=O)O)C(O)CCCCCCCCCCCCCCCCCCCC. The number of rotatable bonds is 44. The fourth-order valence-electron chi connectivity index (χ4n) is 7.75. The van der Waals surface area contributed by atoms with Gasteiger partial charge in [0.25, 0.3) is 10.1 Å².